The highest BCUT2D eigenvalue weighted by atomic mass is 14.1. The molecule has 2 rings (SSSR count). The number of unbranched alkanes of at least 4 members (excludes halogenated alkanes) is 1. The van der Waals surface area contributed by atoms with Crippen LogP contribution in [0.1, 0.15) is 30.9 Å². The predicted octanol–water partition coefficient (Wildman–Crippen LogP) is 4.44. The number of aryl methyl sites for hydroxylation is 2. The van der Waals surface area contributed by atoms with Crippen molar-refractivity contribution in [3.05, 3.63) is 47.5 Å². The third kappa shape index (κ3) is 2.20. The van der Waals surface area contributed by atoms with Crippen molar-refractivity contribution in [1.29, 1.82) is 0 Å². The molecule has 0 saturated carbocycles. The molecule has 0 amide bonds. The number of fused-ring (bicyclic) bond motifs is 1. The van der Waals surface area contributed by atoms with Crippen LogP contribution in [0.3, 0.4) is 0 Å². The summed E-state index contributed by atoms with van der Waals surface area (Å²) in [6.45, 7) is 4.42. The maximum atomic E-state index is 2.31. The van der Waals surface area contributed by atoms with Crippen molar-refractivity contribution in [1.82, 2.24) is 0 Å². The lowest BCUT2D eigenvalue weighted by Crippen LogP contribution is -1.84. The van der Waals surface area contributed by atoms with Crippen molar-refractivity contribution in [2.75, 3.05) is 0 Å². The van der Waals surface area contributed by atoms with Crippen LogP contribution in [0.5, 0.6) is 0 Å². The van der Waals surface area contributed by atoms with Crippen LogP contribution in [0.15, 0.2) is 36.4 Å². The Morgan fingerprint density at radius 2 is 1.87 bits per heavy atom. The van der Waals surface area contributed by atoms with Crippen LogP contribution in [-0.2, 0) is 6.42 Å². The molecule has 0 aromatic carbocycles. The van der Waals surface area contributed by atoms with Crippen molar-refractivity contribution < 1.29 is 0 Å². The van der Waals surface area contributed by atoms with Gasteiger partial charge in [0, 0.05) is 0 Å². The van der Waals surface area contributed by atoms with E-state index in [-0.39, 0.29) is 0 Å². The van der Waals surface area contributed by atoms with E-state index < -0.39 is 0 Å². The monoisotopic (exact) mass is 198 g/mol. The summed E-state index contributed by atoms with van der Waals surface area (Å²) in [4.78, 5) is 0. The molecule has 0 radical (unpaired) electrons. The zero-order chi connectivity index (χ0) is 10.7. The molecular formula is C15H18. The molecule has 2 aliphatic carbocycles. The van der Waals surface area contributed by atoms with E-state index in [0.717, 1.165) is 0 Å². The Morgan fingerprint density at radius 3 is 2.67 bits per heavy atom. The molecule has 0 fully saturated rings. The molecule has 0 spiro atoms. The molecule has 0 nitrogen and oxygen atoms in total. The van der Waals surface area contributed by atoms with Gasteiger partial charge in [0.1, 0.15) is 0 Å². The van der Waals surface area contributed by atoms with E-state index in [2.05, 4.69) is 50.2 Å². The van der Waals surface area contributed by atoms with E-state index >= 15 is 0 Å². The Hall–Kier alpha value is -1.30. The Balaban J connectivity index is 2.43. The molecule has 0 heteroatoms. The van der Waals surface area contributed by atoms with Crippen molar-refractivity contribution in [2.45, 2.75) is 33.1 Å². The van der Waals surface area contributed by atoms with Gasteiger partial charge in [-0.3, -0.25) is 0 Å². The predicted molar refractivity (Wildman–Crippen MR) is 66.4 cm³/mol. The molecule has 0 aromatic rings. The number of hydrogen-bond donors (Lipinski definition) is 0. The van der Waals surface area contributed by atoms with Gasteiger partial charge in [0.2, 0.25) is 0 Å². The van der Waals surface area contributed by atoms with E-state index in [0.29, 0.717) is 0 Å². The van der Waals surface area contributed by atoms with Gasteiger partial charge < -0.3 is 0 Å². The highest BCUT2D eigenvalue weighted by molar-refractivity contribution is 5.71. The lowest BCUT2D eigenvalue weighted by Gasteiger charge is -2.02. The summed E-state index contributed by atoms with van der Waals surface area (Å²) in [6.07, 6.45) is 3.74. The summed E-state index contributed by atoms with van der Waals surface area (Å²) >= 11 is 0. The Bertz CT molecular complexity index is 415. The first-order chi connectivity index (χ1) is 7.31. The maximum Gasteiger partial charge on any atom is -0.0149 e. The molecule has 15 heavy (non-hydrogen) atoms. The second kappa shape index (κ2) is 4.48. The first-order valence-corrected chi connectivity index (χ1v) is 5.79. The Kier molecular flexibility index (Phi) is 3.05. The van der Waals surface area contributed by atoms with Crippen molar-refractivity contribution in [3.63, 3.8) is 0 Å². The molecule has 0 heterocycles. The van der Waals surface area contributed by atoms with E-state index in [1.807, 2.05) is 0 Å². The molecule has 78 valence electrons. The number of hydrogen-bond acceptors (Lipinski definition) is 0. The zero-order valence-corrected chi connectivity index (χ0v) is 9.59. The summed E-state index contributed by atoms with van der Waals surface area (Å²) in [5.74, 6) is 0. The minimum Gasteiger partial charge on any atom is -0.0654 e. The second-order valence-corrected chi connectivity index (χ2v) is 4.25. The van der Waals surface area contributed by atoms with Gasteiger partial charge in [-0.05, 0) is 42.0 Å². The highest BCUT2D eigenvalue weighted by Crippen LogP contribution is 2.29. The minimum atomic E-state index is 1.20. The smallest absolute Gasteiger partial charge is 0.0149 e. The average molecular weight is 198 g/mol. The average Bonchev–Trinajstić information content (AvgIpc) is 2.49. The summed E-state index contributed by atoms with van der Waals surface area (Å²) in [7, 11) is 0. The molecule has 0 bridgehead atoms. The van der Waals surface area contributed by atoms with Crippen LogP contribution in [0.4, 0.5) is 0 Å². The fraction of sp³-hybridized carbons (Fsp3) is 0.333. The topological polar surface area (TPSA) is 0 Å². The second-order valence-electron chi connectivity index (χ2n) is 4.25. The first kappa shape index (κ1) is 10.2. The standard InChI is InChI=1S/C15H18/c1-3-4-7-13-8-5-6-9-14-10-12(2)11-15(13)14/h5-6,8-11H,3-4,7H2,1-2H3. The molecule has 0 N–H and O–H groups in total. The minimum absolute atomic E-state index is 1.20. The van der Waals surface area contributed by atoms with Gasteiger partial charge >= 0.3 is 0 Å². The lowest BCUT2D eigenvalue weighted by molar-refractivity contribution is 0.797. The van der Waals surface area contributed by atoms with E-state index in [1.165, 1.54) is 41.5 Å². The van der Waals surface area contributed by atoms with Gasteiger partial charge in [-0.1, -0.05) is 49.7 Å². The zero-order valence-electron chi connectivity index (χ0n) is 9.59. The molecule has 0 saturated heterocycles. The van der Waals surface area contributed by atoms with Gasteiger partial charge in [-0.25, -0.2) is 0 Å². The Morgan fingerprint density at radius 1 is 1.07 bits per heavy atom. The van der Waals surface area contributed by atoms with Crippen LogP contribution in [0.2, 0.25) is 0 Å². The van der Waals surface area contributed by atoms with E-state index in [4.69, 9.17) is 0 Å². The summed E-state index contributed by atoms with van der Waals surface area (Å²) in [5, 5.41) is 0. The van der Waals surface area contributed by atoms with Gasteiger partial charge in [-0.2, -0.15) is 0 Å². The first-order valence-electron chi connectivity index (χ1n) is 5.79. The van der Waals surface area contributed by atoms with Gasteiger partial charge in [0.15, 0.2) is 0 Å². The van der Waals surface area contributed by atoms with E-state index in [9.17, 15) is 0 Å². The molecule has 0 aromatic heterocycles. The SMILES string of the molecule is CCCCc1ccccc2cc(C)cc1-2. The number of rotatable bonds is 3. The summed E-state index contributed by atoms with van der Waals surface area (Å²) in [5.41, 5.74) is 5.67. The van der Waals surface area contributed by atoms with Crippen molar-refractivity contribution in [2.24, 2.45) is 0 Å². The highest BCUT2D eigenvalue weighted by Gasteiger charge is 2.07. The van der Waals surface area contributed by atoms with Gasteiger partial charge in [0.05, 0.1) is 0 Å². The van der Waals surface area contributed by atoms with E-state index in [1.54, 1.807) is 0 Å². The van der Waals surface area contributed by atoms with Crippen LogP contribution < -0.4 is 0 Å². The quantitative estimate of drug-likeness (QED) is 0.684. The molecular weight excluding hydrogens is 180 g/mol. The van der Waals surface area contributed by atoms with Crippen molar-refractivity contribution in [3.8, 4) is 11.1 Å². The summed E-state index contributed by atoms with van der Waals surface area (Å²) in [6, 6.07) is 13.3. The van der Waals surface area contributed by atoms with Gasteiger partial charge in [0.25, 0.3) is 0 Å². The maximum absolute atomic E-state index is 2.31. The fourth-order valence-corrected chi connectivity index (χ4v) is 2.10. The third-order valence-corrected chi connectivity index (χ3v) is 2.90. The van der Waals surface area contributed by atoms with Crippen LogP contribution in [0.25, 0.3) is 11.1 Å². The third-order valence-electron chi connectivity index (χ3n) is 2.90. The lowest BCUT2D eigenvalue weighted by atomic mass is 10.0. The van der Waals surface area contributed by atoms with Gasteiger partial charge in [-0.15, -0.1) is 0 Å². The van der Waals surface area contributed by atoms with Crippen LogP contribution >= 0.6 is 0 Å². The Labute approximate surface area is 92.3 Å². The van der Waals surface area contributed by atoms with Crippen molar-refractivity contribution >= 4 is 0 Å². The van der Waals surface area contributed by atoms with Crippen LogP contribution in [0, 0.1) is 6.92 Å². The molecule has 0 atom stereocenters. The normalized spacial score (nSPS) is 10.8. The molecule has 2 aliphatic rings. The molecule has 0 unspecified atom stereocenters. The molecule has 0 aliphatic heterocycles. The summed E-state index contributed by atoms with van der Waals surface area (Å²) < 4.78 is 0. The van der Waals surface area contributed by atoms with Crippen LogP contribution in [-0.4, -0.2) is 0 Å². The largest absolute Gasteiger partial charge is 0.0654 e. The fourth-order valence-electron chi connectivity index (χ4n) is 2.10.